The van der Waals surface area contributed by atoms with Gasteiger partial charge in [-0.1, -0.05) is 30.3 Å². The van der Waals surface area contributed by atoms with Crippen molar-refractivity contribution >= 4 is 29.3 Å². The molecule has 3 rings (SSSR count). The van der Waals surface area contributed by atoms with Crippen LogP contribution in [0.25, 0.3) is 0 Å². The maximum Gasteiger partial charge on any atom is 0.268 e. The summed E-state index contributed by atoms with van der Waals surface area (Å²) >= 11 is 1.54. The van der Waals surface area contributed by atoms with Crippen molar-refractivity contribution < 1.29 is 18.7 Å². The number of fused-ring (bicyclic) bond motifs is 1. The van der Waals surface area contributed by atoms with Gasteiger partial charge in [0.2, 0.25) is 5.91 Å². The van der Waals surface area contributed by atoms with E-state index in [1.165, 1.54) is 11.0 Å². The van der Waals surface area contributed by atoms with E-state index in [-0.39, 0.29) is 24.2 Å². The summed E-state index contributed by atoms with van der Waals surface area (Å²) in [6.45, 7) is 2.07. The van der Waals surface area contributed by atoms with E-state index in [2.05, 4.69) is 5.32 Å². The van der Waals surface area contributed by atoms with Gasteiger partial charge in [0.15, 0.2) is 6.10 Å². The van der Waals surface area contributed by atoms with Crippen molar-refractivity contribution in [1.29, 1.82) is 0 Å². The molecule has 1 atom stereocenters. The van der Waals surface area contributed by atoms with E-state index in [9.17, 15) is 14.0 Å². The highest BCUT2D eigenvalue weighted by atomic mass is 32.2. The van der Waals surface area contributed by atoms with Crippen LogP contribution >= 0.6 is 11.8 Å². The van der Waals surface area contributed by atoms with Crippen molar-refractivity contribution in [3.05, 3.63) is 59.9 Å². The van der Waals surface area contributed by atoms with Crippen LogP contribution in [0.15, 0.2) is 48.5 Å². The van der Waals surface area contributed by atoms with Crippen LogP contribution < -0.4 is 15.0 Å². The summed E-state index contributed by atoms with van der Waals surface area (Å²) in [6.07, 6.45) is -0.621. The predicted molar refractivity (Wildman–Crippen MR) is 104 cm³/mol. The summed E-state index contributed by atoms with van der Waals surface area (Å²) in [5.74, 6) is 1.11. The number of carbonyl (C=O) groups is 2. The number of para-hydroxylation sites is 2. The van der Waals surface area contributed by atoms with E-state index >= 15 is 0 Å². The molecular formula is C20H21FN2O3S. The third-order valence-corrected chi connectivity index (χ3v) is 5.17. The number of hydrogen-bond acceptors (Lipinski definition) is 4. The van der Waals surface area contributed by atoms with Gasteiger partial charge in [-0.05, 0) is 30.7 Å². The van der Waals surface area contributed by atoms with Crippen LogP contribution in [0.2, 0.25) is 0 Å². The van der Waals surface area contributed by atoms with E-state index < -0.39 is 6.10 Å². The Bertz CT molecular complexity index is 830. The second-order valence-electron chi connectivity index (χ2n) is 6.15. The molecule has 7 heteroatoms. The standard InChI is InChI=1S/C20H21FN2O3S/c1-14-20(25)23(17-8-4-5-9-18(17)26-14)12-19(24)22-10-11-27-13-15-6-2-3-7-16(15)21/h2-9,14H,10-13H2,1H3,(H,22,24). The zero-order chi connectivity index (χ0) is 19.2. The third kappa shape index (κ3) is 4.80. The van der Waals surface area contributed by atoms with E-state index in [1.54, 1.807) is 55.1 Å². The molecule has 0 bridgehead atoms. The monoisotopic (exact) mass is 388 g/mol. The van der Waals surface area contributed by atoms with Crippen LogP contribution in [0.3, 0.4) is 0 Å². The molecule has 2 amide bonds. The van der Waals surface area contributed by atoms with E-state index in [0.717, 1.165) is 0 Å². The van der Waals surface area contributed by atoms with Crippen LogP contribution in [-0.4, -0.2) is 36.8 Å². The summed E-state index contributed by atoms with van der Waals surface area (Å²) in [6, 6.07) is 13.8. The lowest BCUT2D eigenvalue weighted by Crippen LogP contribution is -2.49. The molecule has 1 heterocycles. The molecule has 142 valence electrons. The van der Waals surface area contributed by atoms with Crippen molar-refractivity contribution in [2.24, 2.45) is 0 Å². The molecule has 0 spiro atoms. The van der Waals surface area contributed by atoms with Crippen molar-refractivity contribution in [1.82, 2.24) is 5.32 Å². The fraction of sp³-hybridized carbons (Fsp3) is 0.300. The number of hydrogen-bond donors (Lipinski definition) is 1. The Labute approximate surface area is 161 Å². The first-order valence-corrected chi connectivity index (χ1v) is 9.86. The lowest BCUT2D eigenvalue weighted by Gasteiger charge is -2.32. The number of amides is 2. The van der Waals surface area contributed by atoms with Gasteiger partial charge >= 0.3 is 0 Å². The number of thioether (sulfide) groups is 1. The van der Waals surface area contributed by atoms with Gasteiger partial charge in [-0.15, -0.1) is 0 Å². The Balaban J connectivity index is 1.47. The second-order valence-corrected chi connectivity index (χ2v) is 7.25. The average Bonchev–Trinajstić information content (AvgIpc) is 2.66. The maximum absolute atomic E-state index is 13.5. The number of anilines is 1. The Morgan fingerprint density at radius 3 is 2.78 bits per heavy atom. The molecule has 27 heavy (non-hydrogen) atoms. The highest BCUT2D eigenvalue weighted by molar-refractivity contribution is 7.98. The highest BCUT2D eigenvalue weighted by Crippen LogP contribution is 2.33. The van der Waals surface area contributed by atoms with Crippen LogP contribution in [0, 0.1) is 5.82 Å². The summed E-state index contributed by atoms with van der Waals surface area (Å²) in [5.41, 5.74) is 1.25. The largest absolute Gasteiger partial charge is 0.479 e. The molecule has 1 N–H and O–H groups in total. The Morgan fingerprint density at radius 1 is 1.22 bits per heavy atom. The van der Waals surface area contributed by atoms with Gasteiger partial charge in [0.05, 0.1) is 5.69 Å². The number of benzene rings is 2. The SMILES string of the molecule is CC1Oc2ccccc2N(CC(=O)NCCSCc2ccccc2F)C1=O. The molecule has 0 radical (unpaired) electrons. The molecular weight excluding hydrogens is 367 g/mol. The predicted octanol–water partition coefficient (Wildman–Crippen LogP) is 2.99. The minimum Gasteiger partial charge on any atom is -0.479 e. The first-order valence-electron chi connectivity index (χ1n) is 8.71. The van der Waals surface area contributed by atoms with Gasteiger partial charge in [0.25, 0.3) is 5.91 Å². The summed E-state index contributed by atoms with van der Waals surface area (Å²) in [7, 11) is 0. The fourth-order valence-electron chi connectivity index (χ4n) is 2.78. The first kappa shape index (κ1) is 19.2. The van der Waals surface area contributed by atoms with Gasteiger partial charge in [0.1, 0.15) is 18.1 Å². The lowest BCUT2D eigenvalue weighted by molar-refractivity contribution is -0.128. The van der Waals surface area contributed by atoms with Gasteiger partial charge in [0, 0.05) is 18.1 Å². The summed E-state index contributed by atoms with van der Waals surface area (Å²) in [5, 5.41) is 2.81. The zero-order valence-electron chi connectivity index (χ0n) is 15.0. The van der Waals surface area contributed by atoms with Crippen LogP contribution in [0.4, 0.5) is 10.1 Å². The van der Waals surface area contributed by atoms with Gasteiger partial charge in [-0.2, -0.15) is 11.8 Å². The molecule has 1 aliphatic rings. The smallest absolute Gasteiger partial charge is 0.268 e. The van der Waals surface area contributed by atoms with Gasteiger partial charge < -0.3 is 10.1 Å². The molecule has 0 saturated carbocycles. The molecule has 0 aliphatic carbocycles. The molecule has 0 saturated heterocycles. The van der Waals surface area contributed by atoms with Crippen molar-refractivity contribution in [2.75, 3.05) is 23.7 Å². The molecule has 0 aromatic heterocycles. The molecule has 2 aromatic carbocycles. The van der Waals surface area contributed by atoms with Crippen molar-refractivity contribution in [3.8, 4) is 5.75 Å². The second kappa shape index (κ2) is 8.90. The van der Waals surface area contributed by atoms with Crippen LogP contribution in [-0.2, 0) is 15.3 Å². The molecule has 0 fully saturated rings. The normalized spacial score (nSPS) is 15.9. The lowest BCUT2D eigenvalue weighted by atomic mass is 10.2. The summed E-state index contributed by atoms with van der Waals surface area (Å²) < 4.78 is 19.1. The number of nitrogens with one attached hydrogen (secondary N) is 1. The Kier molecular flexibility index (Phi) is 6.34. The summed E-state index contributed by atoms with van der Waals surface area (Å²) in [4.78, 5) is 26.1. The van der Waals surface area contributed by atoms with E-state index in [0.29, 0.717) is 35.1 Å². The van der Waals surface area contributed by atoms with Crippen molar-refractivity contribution in [3.63, 3.8) is 0 Å². The zero-order valence-corrected chi connectivity index (χ0v) is 15.8. The quantitative estimate of drug-likeness (QED) is 0.741. The molecule has 1 aliphatic heterocycles. The van der Waals surface area contributed by atoms with Gasteiger partial charge in [-0.25, -0.2) is 4.39 Å². The minimum absolute atomic E-state index is 0.0540. The number of carbonyl (C=O) groups excluding carboxylic acids is 2. The maximum atomic E-state index is 13.5. The average molecular weight is 388 g/mol. The van der Waals surface area contributed by atoms with Gasteiger partial charge in [-0.3, -0.25) is 14.5 Å². The van der Waals surface area contributed by atoms with Crippen LogP contribution in [0.5, 0.6) is 5.75 Å². The highest BCUT2D eigenvalue weighted by Gasteiger charge is 2.32. The first-order chi connectivity index (χ1) is 13.1. The topological polar surface area (TPSA) is 58.6 Å². The number of nitrogens with zero attached hydrogens (tertiary/aromatic N) is 1. The third-order valence-electron chi connectivity index (χ3n) is 4.16. The van der Waals surface area contributed by atoms with E-state index in [4.69, 9.17) is 4.74 Å². The molecule has 2 aromatic rings. The molecule has 1 unspecified atom stereocenters. The fourth-order valence-corrected chi connectivity index (χ4v) is 3.63. The number of halogens is 1. The Morgan fingerprint density at radius 2 is 1.96 bits per heavy atom. The number of rotatable bonds is 7. The molecule has 5 nitrogen and oxygen atoms in total. The van der Waals surface area contributed by atoms with E-state index in [1.807, 2.05) is 6.07 Å². The minimum atomic E-state index is -0.621. The number of ether oxygens (including phenoxy) is 1. The Hall–Kier alpha value is -2.54. The van der Waals surface area contributed by atoms with Crippen molar-refractivity contribution in [2.45, 2.75) is 18.8 Å². The van der Waals surface area contributed by atoms with Crippen LogP contribution in [0.1, 0.15) is 12.5 Å².